The molecule has 1 aliphatic heterocycles. The van der Waals surface area contributed by atoms with Crippen LogP contribution in [0.3, 0.4) is 0 Å². The molecule has 0 aliphatic carbocycles. The fraction of sp³-hybridized carbons (Fsp3) is 0.476. The highest BCUT2D eigenvalue weighted by Gasteiger charge is 2.40. The summed E-state index contributed by atoms with van der Waals surface area (Å²) in [5, 5.41) is 6.65. The predicted molar refractivity (Wildman–Crippen MR) is 106 cm³/mol. The number of methoxy groups -OCH3 is 1. The van der Waals surface area contributed by atoms with Crippen LogP contribution in [-0.2, 0) is 17.5 Å². The molecule has 2 amide bonds. The number of nitrogens with one attached hydrogen (secondary N) is 1. The van der Waals surface area contributed by atoms with Crippen molar-refractivity contribution in [1.29, 1.82) is 0 Å². The number of hydrogen-bond acceptors (Lipinski definition) is 4. The van der Waals surface area contributed by atoms with Gasteiger partial charge in [-0.25, -0.2) is 13.6 Å². The first-order valence-corrected chi connectivity index (χ1v) is 10.3. The van der Waals surface area contributed by atoms with Crippen molar-refractivity contribution in [3.05, 3.63) is 52.3 Å². The summed E-state index contributed by atoms with van der Waals surface area (Å²) in [5.74, 6) is -3.90. The standard InChI is InChI=1S/C21H23F5N4O3/c1-3-29(20(32)33-2)11-14-10-17(28-27-14)19(31)30-6-4-12(5-7-30)15-8-13(22)9-16(23)18(15)21(24,25)26/h8-10,12H,3-7,11H2,1-2H3,(H,27,28). The largest absolute Gasteiger partial charge is 0.453 e. The fourth-order valence-electron chi connectivity index (χ4n) is 3.96. The van der Waals surface area contributed by atoms with Crippen molar-refractivity contribution in [2.45, 2.75) is 38.4 Å². The van der Waals surface area contributed by atoms with Crippen molar-refractivity contribution in [2.75, 3.05) is 26.7 Å². The number of carbonyl (C=O) groups excluding carboxylic acids is 2. The summed E-state index contributed by atoms with van der Waals surface area (Å²) in [6.45, 7) is 2.49. The smallest absolute Gasteiger partial charge is 0.419 e. The third-order valence-corrected chi connectivity index (χ3v) is 5.62. The zero-order valence-electron chi connectivity index (χ0n) is 18.0. The molecule has 0 saturated carbocycles. The minimum Gasteiger partial charge on any atom is -0.453 e. The van der Waals surface area contributed by atoms with Crippen molar-refractivity contribution in [1.82, 2.24) is 20.0 Å². The summed E-state index contributed by atoms with van der Waals surface area (Å²) in [7, 11) is 1.26. The van der Waals surface area contributed by atoms with Crippen molar-refractivity contribution in [2.24, 2.45) is 0 Å². The molecule has 1 N–H and O–H groups in total. The Morgan fingerprint density at radius 2 is 1.88 bits per heavy atom. The molecule has 1 aliphatic rings. The molecule has 1 fully saturated rings. The second-order valence-electron chi connectivity index (χ2n) is 7.68. The average Bonchev–Trinajstić information content (AvgIpc) is 3.23. The van der Waals surface area contributed by atoms with E-state index in [0.717, 1.165) is 6.07 Å². The zero-order valence-corrected chi connectivity index (χ0v) is 18.0. The molecule has 12 heteroatoms. The molecule has 1 aromatic carbocycles. The number of carbonyl (C=O) groups is 2. The molecule has 1 aromatic heterocycles. The van der Waals surface area contributed by atoms with E-state index in [1.54, 1.807) is 6.92 Å². The maximum atomic E-state index is 13.9. The summed E-state index contributed by atoms with van der Waals surface area (Å²) in [6.07, 6.45) is -5.27. The Bertz CT molecular complexity index is 1020. The average molecular weight is 474 g/mol. The Morgan fingerprint density at radius 3 is 2.45 bits per heavy atom. The van der Waals surface area contributed by atoms with Crippen molar-refractivity contribution < 1.29 is 36.3 Å². The second-order valence-corrected chi connectivity index (χ2v) is 7.68. The normalized spacial score (nSPS) is 14.9. The molecule has 0 radical (unpaired) electrons. The van der Waals surface area contributed by atoms with Gasteiger partial charge >= 0.3 is 12.3 Å². The lowest BCUT2D eigenvalue weighted by molar-refractivity contribution is -0.141. The van der Waals surface area contributed by atoms with Gasteiger partial charge in [-0.1, -0.05) is 0 Å². The number of halogens is 5. The van der Waals surface area contributed by atoms with E-state index in [9.17, 15) is 31.5 Å². The number of benzene rings is 1. The maximum absolute atomic E-state index is 13.9. The van der Waals surface area contributed by atoms with Gasteiger partial charge in [0, 0.05) is 25.7 Å². The van der Waals surface area contributed by atoms with E-state index in [0.29, 0.717) is 12.2 Å². The molecule has 0 spiro atoms. The highest BCUT2D eigenvalue weighted by atomic mass is 19.4. The van der Waals surface area contributed by atoms with E-state index in [1.165, 1.54) is 23.0 Å². The second kappa shape index (κ2) is 9.75. The first-order valence-electron chi connectivity index (χ1n) is 10.3. The van der Waals surface area contributed by atoms with Gasteiger partial charge in [0.25, 0.3) is 5.91 Å². The molecule has 7 nitrogen and oxygen atoms in total. The van der Waals surface area contributed by atoms with Gasteiger partial charge in [0.15, 0.2) is 0 Å². The lowest BCUT2D eigenvalue weighted by Crippen LogP contribution is -2.38. The van der Waals surface area contributed by atoms with Gasteiger partial charge in [0.2, 0.25) is 0 Å². The monoisotopic (exact) mass is 474 g/mol. The third kappa shape index (κ3) is 5.42. The van der Waals surface area contributed by atoms with E-state index >= 15 is 0 Å². The van der Waals surface area contributed by atoms with Crippen LogP contribution in [-0.4, -0.2) is 58.7 Å². The number of H-pyrrole nitrogens is 1. The van der Waals surface area contributed by atoms with Crippen molar-refractivity contribution in [3.63, 3.8) is 0 Å². The molecule has 1 saturated heterocycles. The zero-order chi connectivity index (χ0) is 24.3. The topological polar surface area (TPSA) is 78.5 Å². The highest BCUT2D eigenvalue weighted by molar-refractivity contribution is 5.92. The number of hydrogen-bond donors (Lipinski definition) is 1. The maximum Gasteiger partial charge on any atom is 0.419 e. The van der Waals surface area contributed by atoms with Crippen molar-refractivity contribution in [3.8, 4) is 0 Å². The fourth-order valence-corrected chi connectivity index (χ4v) is 3.96. The number of piperidine rings is 1. The molecule has 3 rings (SSSR count). The summed E-state index contributed by atoms with van der Waals surface area (Å²) in [5.41, 5.74) is -1.30. The molecule has 0 atom stereocenters. The molecule has 2 aromatic rings. The van der Waals surface area contributed by atoms with E-state index in [2.05, 4.69) is 14.9 Å². The molecular weight excluding hydrogens is 451 g/mol. The molecule has 33 heavy (non-hydrogen) atoms. The number of amides is 2. The Hall–Kier alpha value is -3.18. The first kappa shape index (κ1) is 24.5. The van der Waals surface area contributed by atoms with Gasteiger partial charge in [-0.15, -0.1) is 0 Å². The molecule has 2 heterocycles. The van der Waals surface area contributed by atoms with Crippen LogP contribution in [0.2, 0.25) is 0 Å². The summed E-state index contributed by atoms with van der Waals surface area (Å²) >= 11 is 0. The minimum absolute atomic E-state index is 0.0946. The number of rotatable bonds is 5. The number of likely N-dealkylation sites (tertiary alicyclic amines) is 1. The summed E-state index contributed by atoms with van der Waals surface area (Å²) < 4.78 is 72.3. The van der Waals surface area contributed by atoms with Gasteiger partial charge in [0.05, 0.1) is 24.9 Å². The van der Waals surface area contributed by atoms with Gasteiger partial charge in [-0.05, 0) is 43.4 Å². The molecular formula is C21H23F5N4O3. The van der Waals surface area contributed by atoms with Crippen LogP contribution in [0.5, 0.6) is 0 Å². The minimum atomic E-state index is -4.96. The summed E-state index contributed by atoms with van der Waals surface area (Å²) in [4.78, 5) is 27.3. The SMILES string of the molecule is CCN(Cc1cc(C(=O)N2CCC(c3cc(F)cc(F)c3C(F)(F)F)CC2)n[nH]1)C(=O)OC. The van der Waals surface area contributed by atoms with E-state index in [1.807, 2.05) is 0 Å². The van der Waals surface area contributed by atoms with Crippen LogP contribution >= 0.6 is 0 Å². The van der Waals surface area contributed by atoms with Crippen LogP contribution in [0, 0.1) is 11.6 Å². The Balaban J connectivity index is 1.68. The van der Waals surface area contributed by atoms with Gasteiger partial charge in [-0.2, -0.15) is 18.3 Å². The van der Waals surface area contributed by atoms with Crippen molar-refractivity contribution >= 4 is 12.0 Å². The lowest BCUT2D eigenvalue weighted by atomic mass is 9.86. The number of ether oxygens (including phenoxy) is 1. The first-order chi connectivity index (χ1) is 15.5. The molecule has 180 valence electrons. The Kier molecular flexibility index (Phi) is 7.23. The summed E-state index contributed by atoms with van der Waals surface area (Å²) in [6, 6.07) is 2.43. The number of nitrogens with zero attached hydrogens (tertiary/aromatic N) is 3. The van der Waals surface area contributed by atoms with Crippen LogP contribution < -0.4 is 0 Å². The lowest BCUT2D eigenvalue weighted by Gasteiger charge is -2.33. The van der Waals surface area contributed by atoms with E-state index < -0.39 is 46.9 Å². The molecule has 0 unspecified atom stereocenters. The number of aromatic nitrogens is 2. The number of alkyl halides is 3. The third-order valence-electron chi connectivity index (χ3n) is 5.62. The quantitative estimate of drug-likeness (QED) is 0.655. The highest BCUT2D eigenvalue weighted by Crippen LogP contribution is 2.40. The van der Waals surface area contributed by atoms with Gasteiger partial charge < -0.3 is 14.5 Å². The number of aromatic amines is 1. The predicted octanol–water partition coefficient (Wildman–Crippen LogP) is 4.31. The molecule has 0 bridgehead atoms. The van der Waals surface area contributed by atoms with Crippen LogP contribution in [0.25, 0.3) is 0 Å². The Morgan fingerprint density at radius 1 is 1.21 bits per heavy atom. The van der Waals surface area contributed by atoms with Crippen LogP contribution in [0.1, 0.15) is 53.0 Å². The van der Waals surface area contributed by atoms with E-state index in [4.69, 9.17) is 0 Å². The van der Waals surface area contributed by atoms with Gasteiger partial charge in [0.1, 0.15) is 17.3 Å². The van der Waals surface area contributed by atoms with E-state index in [-0.39, 0.29) is 44.2 Å². The van der Waals surface area contributed by atoms with Crippen LogP contribution in [0.4, 0.5) is 26.7 Å². The van der Waals surface area contributed by atoms with Gasteiger partial charge in [-0.3, -0.25) is 9.89 Å². The Labute approximate surface area is 186 Å². The van der Waals surface area contributed by atoms with Crippen LogP contribution in [0.15, 0.2) is 18.2 Å².